The average Bonchev–Trinajstić information content (AvgIpc) is 3.06. The van der Waals surface area contributed by atoms with Gasteiger partial charge in [0.25, 0.3) is 0 Å². The Bertz CT molecular complexity index is 665. The van der Waals surface area contributed by atoms with E-state index in [1.165, 1.54) is 0 Å². The zero-order valence-electron chi connectivity index (χ0n) is 13.0. The molecule has 0 saturated carbocycles. The quantitative estimate of drug-likeness (QED) is 0.827. The van der Waals surface area contributed by atoms with Crippen LogP contribution in [0.25, 0.3) is 11.3 Å². The van der Waals surface area contributed by atoms with Crippen LogP contribution in [-0.4, -0.2) is 23.5 Å². The summed E-state index contributed by atoms with van der Waals surface area (Å²) < 4.78 is 1.05. The van der Waals surface area contributed by atoms with Crippen molar-refractivity contribution < 1.29 is 4.79 Å². The predicted molar refractivity (Wildman–Crippen MR) is 97.4 cm³/mol. The van der Waals surface area contributed by atoms with Crippen molar-refractivity contribution in [3.05, 3.63) is 39.1 Å². The molecule has 2 unspecified atom stereocenters. The van der Waals surface area contributed by atoms with Gasteiger partial charge >= 0.3 is 0 Å². The average molecular weight is 394 g/mol. The van der Waals surface area contributed by atoms with Gasteiger partial charge in [0.2, 0.25) is 5.91 Å². The molecule has 122 valence electrons. The lowest BCUT2D eigenvalue weighted by molar-refractivity contribution is -0.124. The third-order valence-electron chi connectivity index (χ3n) is 4.02. The lowest BCUT2D eigenvalue weighted by Gasteiger charge is -2.24. The Labute approximate surface area is 148 Å². The van der Waals surface area contributed by atoms with Gasteiger partial charge in [0.15, 0.2) is 0 Å². The highest BCUT2D eigenvalue weighted by Gasteiger charge is 2.23. The van der Waals surface area contributed by atoms with Crippen LogP contribution in [0.2, 0.25) is 0 Å². The van der Waals surface area contributed by atoms with Gasteiger partial charge in [-0.3, -0.25) is 4.79 Å². The molecule has 1 aromatic heterocycles. The largest absolute Gasteiger partial charge is 0.346 e. The van der Waals surface area contributed by atoms with Crippen LogP contribution in [0.15, 0.2) is 34.1 Å². The number of thiazole rings is 1. The van der Waals surface area contributed by atoms with Crippen LogP contribution >= 0.6 is 27.3 Å². The number of carbonyl (C=O) groups excluding carboxylic acids is 1. The highest BCUT2D eigenvalue weighted by Crippen LogP contribution is 2.26. The monoisotopic (exact) mass is 393 g/mol. The van der Waals surface area contributed by atoms with E-state index in [0.717, 1.165) is 46.5 Å². The Hall–Kier alpha value is -1.24. The van der Waals surface area contributed by atoms with E-state index in [0.29, 0.717) is 0 Å². The number of nitrogens with zero attached hydrogens (tertiary/aromatic N) is 1. The van der Waals surface area contributed by atoms with E-state index < -0.39 is 0 Å². The molecule has 2 heterocycles. The Kier molecular flexibility index (Phi) is 5.46. The maximum absolute atomic E-state index is 12.3. The van der Waals surface area contributed by atoms with E-state index in [9.17, 15) is 4.79 Å². The highest BCUT2D eigenvalue weighted by atomic mass is 79.9. The molecular formula is C17H20BrN3OS. The second-order valence-electron chi connectivity index (χ2n) is 5.81. The van der Waals surface area contributed by atoms with Gasteiger partial charge in [0.1, 0.15) is 5.01 Å². The first-order chi connectivity index (χ1) is 11.1. The number of nitrogens with one attached hydrogen (secondary N) is 2. The Morgan fingerprint density at radius 1 is 1.39 bits per heavy atom. The summed E-state index contributed by atoms with van der Waals surface area (Å²) in [6, 6.07) is 7.97. The van der Waals surface area contributed by atoms with Crippen molar-refractivity contribution in [2.24, 2.45) is 0 Å². The van der Waals surface area contributed by atoms with E-state index in [4.69, 9.17) is 0 Å². The standard InChI is InChI=1S/C17H20BrN3OS/c1-11(20-16(22)14-4-2-3-9-19-14)17-21-15(10-23-17)12-5-7-13(18)8-6-12/h5-8,10-11,14,19H,2-4,9H2,1H3,(H,20,22). The lowest BCUT2D eigenvalue weighted by atomic mass is 10.0. The Morgan fingerprint density at radius 2 is 2.17 bits per heavy atom. The van der Waals surface area contributed by atoms with Crippen LogP contribution in [0.1, 0.15) is 37.2 Å². The van der Waals surface area contributed by atoms with Crippen LogP contribution in [0, 0.1) is 0 Å². The fraction of sp³-hybridized carbons (Fsp3) is 0.412. The fourth-order valence-electron chi connectivity index (χ4n) is 2.69. The second-order valence-corrected chi connectivity index (χ2v) is 7.62. The fourth-order valence-corrected chi connectivity index (χ4v) is 3.79. The molecule has 1 saturated heterocycles. The zero-order valence-corrected chi connectivity index (χ0v) is 15.4. The van der Waals surface area contributed by atoms with E-state index in [2.05, 4.69) is 31.5 Å². The molecule has 1 aliphatic heterocycles. The van der Waals surface area contributed by atoms with Gasteiger partial charge in [0, 0.05) is 15.4 Å². The van der Waals surface area contributed by atoms with E-state index >= 15 is 0 Å². The van der Waals surface area contributed by atoms with E-state index in [1.54, 1.807) is 11.3 Å². The molecule has 0 bridgehead atoms. The number of amides is 1. The van der Waals surface area contributed by atoms with Crippen molar-refractivity contribution >= 4 is 33.2 Å². The molecule has 4 nitrogen and oxygen atoms in total. The molecule has 0 radical (unpaired) electrons. The molecule has 2 N–H and O–H groups in total. The molecule has 0 aliphatic carbocycles. The molecular weight excluding hydrogens is 374 g/mol. The summed E-state index contributed by atoms with van der Waals surface area (Å²) >= 11 is 5.03. The Morgan fingerprint density at radius 3 is 2.87 bits per heavy atom. The maximum Gasteiger partial charge on any atom is 0.237 e. The number of halogens is 1. The first-order valence-corrected chi connectivity index (χ1v) is 9.56. The molecule has 3 rings (SSSR count). The summed E-state index contributed by atoms with van der Waals surface area (Å²) in [5.41, 5.74) is 2.04. The van der Waals surface area contributed by atoms with Crippen LogP contribution in [0.4, 0.5) is 0 Å². The first-order valence-electron chi connectivity index (χ1n) is 7.88. The van der Waals surface area contributed by atoms with Crippen molar-refractivity contribution in [1.29, 1.82) is 0 Å². The summed E-state index contributed by atoms with van der Waals surface area (Å²) in [5.74, 6) is 0.0811. The summed E-state index contributed by atoms with van der Waals surface area (Å²) in [7, 11) is 0. The third-order valence-corrected chi connectivity index (χ3v) is 5.57. The number of benzene rings is 1. The smallest absolute Gasteiger partial charge is 0.237 e. The molecule has 0 spiro atoms. The number of carbonyl (C=O) groups is 1. The maximum atomic E-state index is 12.3. The molecule has 1 fully saturated rings. The minimum atomic E-state index is -0.0691. The predicted octanol–water partition coefficient (Wildman–Crippen LogP) is 3.89. The SMILES string of the molecule is CC(NC(=O)C1CCCCN1)c1nc(-c2ccc(Br)cc2)cs1. The zero-order chi connectivity index (χ0) is 16.2. The van der Waals surface area contributed by atoms with Gasteiger partial charge in [-0.15, -0.1) is 11.3 Å². The van der Waals surface area contributed by atoms with Crippen molar-refractivity contribution in [2.45, 2.75) is 38.3 Å². The van der Waals surface area contributed by atoms with Crippen LogP contribution in [0.3, 0.4) is 0 Å². The molecule has 2 atom stereocenters. The van der Waals surface area contributed by atoms with E-state index in [-0.39, 0.29) is 18.0 Å². The van der Waals surface area contributed by atoms with Crippen molar-refractivity contribution in [3.8, 4) is 11.3 Å². The van der Waals surface area contributed by atoms with Crippen molar-refractivity contribution in [3.63, 3.8) is 0 Å². The van der Waals surface area contributed by atoms with Gasteiger partial charge in [-0.25, -0.2) is 4.98 Å². The summed E-state index contributed by atoms with van der Waals surface area (Å²) in [6.45, 7) is 2.92. The number of piperidine rings is 1. The van der Waals surface area contributed by atoms with Gasteiger partial charge in [-0.1, -0.05) is 34.5 Å². The van der Waals surface area contributed by atoms with Gasteiger partial charge in [0.05, 0.1) is 17.8 Å². The normalized spacial score (nSPS) is 19.3. The van der Waals surface area contributed by atoms with Crippen molar-refractivity contribution in [1.82, 2.24) is 15.6 Å². The van der Waals surface area contributed by atoms with Crippen LogP contribution in [-0.2, 0) is 4.79 Å². The lowest BCUT2D eigenvalue weighted by Crippen LogP contribution is -2.47. The summed E-state index contributed by atoms with van der Waals surface area (Å²) in [6.07, 6.45) is 3.19. The topological polar surface area (TPSA) is 54.0 Å². The van der Waals surface area contributed by atoms with Gasteiger partial charge in [-0.05, 0) is 38.4 Å². The molecule has 2 aromatic rings. The molecule has 1 aliphatic rings. The number of aromatic nitrogens is 1. The molecule has 1 aromatic carbocycles. The van der Waals surface area contributed by atoms with Gasteiger partial charge in [-0.2, -0.15) is 0 Å². The number of rotatable bonds is 4. The summed E-state index contributed by atoms with van der Waals surface area (Å²) in [4.78, 5) is 17.0. The Balaban J connectivity index is 1.64. The molecule has 6 heteroatoms. The minimum absolute atomic E-state index is 0.0582. The minimum Gasteiger partial charge on any atom is -0.346 e. The molecule has 23 heavy (non-hydrogen) atoms. The third kappa shape index (κ3) is 4.19. The van der Waals surface area contributed by atoms with Crippen LogP contribution in [0.5, 0.6) is 0 Å². The second kappa shape index (κ2) is 7.55. The number of hydrogen-bond donors (Lipinski definition) is 2. The van der Waals surface area contributed by atoms with Crippen molar-refractivity contribution in [2.75, 3.05) is 6.54 Å². The first kappa shape index (κ1) is 16.6. The number of hydrogen-bond acceptors (Lipinski definition) is 4. The van der Waals surface area contributed by atoms with Gasteiger partial charge < -0.3 is 10.6 Å². The van der Waals surface area contributed by atoms with Crippen LogP contribution < -0.4 is 10.6 Å². The summed E-state index contributed by atoms with van der Waals surface area (Å²) in [5, 5.41) is 9.34. The van der Waals surface area contributed by atoms with E-state index in [1.807, 2.05) is 36.6 Å². The highest BCUT2D eigenvalue weighted by molar-refractivity contribution is 9.10. The molecule has 1 amide bonds.